The van der Waals surface area contributed by atoms with Crippen molar-refractivity contribution in [2.75, 3.05) is 13.1 Å². The highest BCUT2D eigenvalue weighted by molar-refractivity contribution is 5.83. The van der Waals surface area contributed by atoms with Gasteiger partial charge in [-0.2, -0.15) is 0 Å². The first-order valence-corrected chi connectivity index (χ1v) is 11.2. The molecule has 0 N–H and O–H groups in total. The first-order valence-electron chi connectivity index (χ1n) is 11.2. The number of likely N-dealkylation sites (tertiary alicyclic amines) is 2. The Morgan fingerprint density at radius 1 is 0.778 bits per heavy atom. The molecule has 2 aliphatic carbocycles. The summed E-state index contributed by atoms with van der Waals surface area (Å²) in [6.07, 6.45) is 12.3. The molecule has 4 atom stereocenters. The number of fused-ring (bicyclic) bond motifs is 2. The summed E-state index contributed by atoms with van der Waals surface area (Å²) >= 11 is 0. The third-order valence-corrected chi connectivity index (χ3v) is 7.58. The lowest BCUT2D eigenvalue weighted by Crippen LogP contribution is -2.49. The van der Waals surface area contributed by atoms with Crippen LogP contribution in [0, 0.1) is 11.8 Å². The van der Waals surface area contributed by atoms with Gasteiger partial charge in [0, 0.05) is 50.9 Å². The smallest absolute Gasteiger partial charge is 0.222 e. The predicted octanol–water partition coefficient (Wildman–Crippen LogP) is 3.31. The Morgan fingerprint density at radius 2 is 1.44 bits per heavy atom. The second-order valence-corrected chi connectivity index (χ2v) is 9.18. The lowest BCUT2D eigenvalue weighted by atomic mass is 9.78. The maximum Gasteiger partial charge on any atom is 0.222 e. The van der Waals surface area contributed by atoms with Crippen LogP contribution >= 0.6 is 0 Å². The Morgan fingerprint density at radius 3 is 2.26 bits per heavy atom. The Kier molecular flexibility index (Phi) is 5.84. The van der Waals surface area contributed by atoms with Crippen LogP contribution in [0.4, 0.5) is 0 Å². The van der Waals surface area contributed by atoms with Gasteiger partial charge in [-0.25, -0.2) is 0 Å². The highest BCUT2D eigenvalue weighted by Gasteiger charge is 2.40. The molecule has 2 aliphatic heterocycles. The van der Waals surface area contributed by atoms with Crippen LogP contribution in [0.25, 0.3) is 0 Å². The van der Waals surface area contributed by atoms with Crippen LogP contribution in [-0.4, -0.2) is 52.6 Å². The summed E-state index contributed by atoms with van der Waals surface area (Å²) in [6.45, 7) is 1.71. The summed E-state index contributed by atoms with van der Waals surface area (Å²) in [7, 11) is 0. The molecule has 2 amide bonds. The van der Waals surface area contributed by atoms with Crippen LogP contribution in [0.1, 0.15) is 83.5 Å². The number of rotatable bonds is 4. The topological polar surface area (TPSA) is 57.7 Å². The number of carbonyl (C=O) groups excluding carboxylic acids is 3. The average molecular weight is 375 g/mol. The van der Waals surface area contributed by atoms with Gasteiger partial charge in [0.1, 0.15) is 5.78 Å². The molecule has 2 saturated heterocycles. The van der Waals surface area contributed by atoms with Gasteiger partial charge >= 0.3 is 0 Å². The van der Waals surface area contributed by atoms with Crippen molar-refractivity contribution >= 4 is 17.6 Å². The van der Waals surface area contributed by atoms with E-state index < -0.39 is 0 Å². The number of amides is 2. The van der Waals surface area contributed by atoms with Crippen LogP contribution in [-0.2, 0) is 14.4 Å². The van der Waals surface area contributed by atoms with Gasteiger partial charge in [-0.3, -0.25) is 14.4 Å². The molecule has 5 heteroatoms. The highest BCUT2D eigenvalue weighted by atomic mass is 16.2. The summed E-state index contributed by atoms with van der Waals surface area (Å²) in [5, 5.41) is 0. The molecule has 4 unspecified atom stereocenters. The number of hydrogen-bond donors (Lipinski definition) is 0. The van der Waals surface area contributed by atoms with Gasteiger partial charge in [0.25, 0.3) is 0 Å². The lowest BCUT2D eigenvalue weighted by molar-refractivity contribution is -0.138. The summed E-state index contributed by atoms with van der Waals surface area (Å²) in [4.78, 5) is 41.3. The molecule has 4 rings (SSSR count). The minimum absolute atomic E-state index is 0.138. The number of Topliss-reactive ketones (excluding diaryl/α,β-unsaturated/α-hetero) is 1. The van der Waals surface area contributed by atoms with Gasteiger partial charge in [-0.15, -0.1) is 0 Å². The van der Waals surface area contributed by atoms with E-state index >= 15 is 0 Å². The van der Waals surface area contributed by atoms with E-state index in [9.17, 15) is 14.4 Å². The second kappa shape index (κ2) is 8.32. The number of ketones is 1. The van der Waals surface area contributed by atoms with Gasteiger partial charge in [0.05, 0.1) is 0 Å². The summed E-state index contributed by atoms with van der Waals surface area (Å²) in [5.74, 6) is 1.94. The van der Waals surface area contributed by atoms with Crippen molar-refractivity contribution in [3.8, 4) is 0 Å². The number of hydrogen-bond acceptors (Lipinski definition) is 3. The van der Waals surface area contributed by atoms with Crippen molar-refractivity contribution in [1.29, 1.82) is 0 Å². The van der Waals surface area contributed by atoms with E-state index in [1.807, 2.05) is 4.90 Å². The zero-order valence-corrected chi connectivity index (χ0v) is 16.5. The Labute approximate surface area is 162 Å². The van der Waals surface area contributed by atoms with E-state index in [0.717, 1.165) is 32.4 Å². The lowest BCUT2D eigenvalue weighted by Gasteiger charge is -2.44. The summed E-state index contributed by atoms with van der Waals surface area (Å²) in [6, 6.07) is 0.600. The molecule has 0 bridgehead atoms. The molecule has 4 fully saturated rings. The van der Waals surface area contributed by atoms with E-state index in [2.05, 4.69) is 4.90 Å². The van der Waals surface area contributed by atoms with Crippen molar-refractivity contribution in [2.24, 2.45) is 11.8 Å². The minimum atomic E-state index is 0.138. The fourth-order valence-corrected chi connectivity index (χ4v) is 6.14. The fraction of sp³-hybridized carbons (Fsp3) is 0.864. The molecule has 5 nitrogen and oxygen atoms in total. The van der Waals surface area contributed by atoms with Gasteiger partial charge in [0.2, 0.25) is 11.8 Å². The quantitative estimate of drug-likeness (QED) is 0.758. The number of nitrogens with zero attached hydrogens (tertiary/aromatic N) is 2. The SMILES string of the molecule is O=C1CCC2CCN(C(=O)CCCC(=O)N3CCCC4CCCCC43)C2C1. The zero-order valence-electron chi connectivity index (χ0n) is 16.5. The molecule has 2 heterocycles. The molecule has 2 saturated carbocycles. The van der Waals surface area contributed by atoms with Crippen LogP contribution < -0.4 is 0 Å². The molecule has 0 aromatic carbocycles. The number of carbonyl (C=O) groups is 3. The van der Waals surface area contributed by atoms with Gasteiger partial charge in [-0.05, 0) is 56.8 Å². The Bertz CT molecular complexity index is 588. The van der Waals surface area contributed by atoms with Crippen LogP contribution in [0.2, 0.25) is 0 Å². The molecule has 4 aliphatic rings. The van der Waals surface area contributed by atoms with E-state index in [1.165, 1.54) is 32.1 Å². The van der Waals surface area contributed by atoms with Crippen molar-refractivity contribution < 1.29 is 14.4 Å². The van der Waals surface area contributed by atoms with Gasteiger partial charge in [0.15, 0.2) is 0 Å². The standard InChI is InChI=1S/C22H34N2O3/c25-18-11-10-17-12-14-24(20(17)15-18)22(27)9-3-8-21(26)23-13-4-6-16-5-1-2-7-19(16)23/h16-17,19-20H,1-15H2. The molecular weight excluding hydrogens is 340 g/mol. The molecule has 150 valence electrons. The minimum Gasteiger partial charge on any atom is -0.339 e. The van der Waals surface area contributed by atoms with Crippen LogP contribution in [0.5, 0.6) is 0 Å². The normalized spacial score (nSPS) is 33.6. The third-order valence-electron chi connectivity index (χ3n) is 7.58. The second-order valence-electron chi connectivity index (χ2n) is 9.18. The van der Waals surface area contributed by atoms with Gasteiger partial charge in [-0.1, -0.05) is 12.8 Å². The third kappa shape index (κ3) is 4.07. The molecule has 0 spiro atoms. The molecular formula is C22H34N2O3. The van der Waals surface area contributed by atoms with Crippen LogP contribution in [0.15, 0.2) is 0 Å². The molecule has 0 aromatic rings. The molecule has 27 heavy (non-hydrogen) atoms. The maximum atomic E-state index is 12.8. The summed E-state index contributed by atoms with van der Waals surface area (Å²) in [5.41, 5.74) is 0. The van der Waals surface area contributed by atoms with Crippen molar-refractivity contribution in [3.05, 3.63) is 0 Å². The fourth-order valence-electron chi connectivity index (χ4n) is 6.14. The molecule has 0 aromatic heterocycles. The largest absolute Gasteiger partial charge is 0.339 e. The Balaban J connectivity index is 1.25. The first kappa shape index (κ1) is 18.9. The highest BCUT2D eigenvalue weighted by Crippen LogP contribution is 2.36. The van der Waals surface area contributed by atoms with E-state index in [1.54, 1.807) is 0 Å². The Hall–Kier alpha value is -1.39. The van der Waals surface area contributed by atoms with Crippen LogP contribution in [0.3, 0.4) is 0 Å². The average Bonchev–Trinajstić information content (AvgIpc) is 3.10. The van der Waals surface area contributed by atoms with Crippen molar-refractivity contribution in [2.45, 2.75) is 95.6 Å². The van der Waals surface area contributed by atoms with E-state index in [0.29, 0.717) is 55.8 Å². The predicted molar refractivity (Wildman–Crippen MR) is 103 cm³/mol. The van der Waals surface area contributed by atoms with Gasteiger partial charge < -0.3 is 9.80 Å². The zero-order chi connectivity index (χ0) is 18.8. The van der Waals surface area contributed by atoms with E-state index in [4.69, 9.17) is 0 Å². The molecule has 0 radical (unpaired) electrons. The van der Waals surface area contributed by atoms with E-state index in [-0.39, 0.29) is 17.9 Å². The first-order chi connectivity index (χ1) is 13.1. The maximum absolute atomic E-state index is 12.8. The van der Waals surface area contributed by atoms with Crippen molar-refractivity contribution in [3.63, 3.8) is 0 Å². The summed E-state index contributed by atoms with van der Waals surface area (Å²) < 4.78 is 0. The monoisotopic (exact) mass is 374 g/mol. The van der Waals surface area contributed by atoms with Crippen molar-refractivity contribution in [1.82, 2.24) is 9.80 Å². The number of piperidine rings is 1.